The van der Waals surface area contributed by atoms with Gasteiger partial charge in [0.2, 0.25) is 5.91 Å². The van der Waals surface area contributed by atoms with Gasteiger partial charge in [-0.3, -0.25) is 4.79 Å². The molecule has 1 N–H and O–H groups in total. The van der Waals surface area contributed by atoms with Crippen molar-refractivity contribution >= 4 is 24.5 Å². The second kappa shape index (κ2) is 4.16. The minimum absolute atomic E-state index is 0.0675. The Labute approximate surface area is 64.0 Å². The van der Waals surface area contributed by atoms with Gasteiger partial charge >= 0.3 is 0 Å². The van der Waals surface area contributed by atoms with Crippen LogP contribution in [-0.2, 0) is 22.2 Å². The van der Waals surface area contributed by atoms with E-state index in [2.05, 4.69) is 17.9 Å². The van der Waals surface area contributed by atoms with Crippen LogP contribution in [0.25, 0.3) is 0 Å². The molecule has 0 heterocycles. The van der Waals surface area contributed by atoms with Crippen LogP contribution in [0.15, 0.2) is 0 Å². The van der Waals surface area contributed by atoms with Crippen LogP contribution in [0, 0.1) is 0 Å². The number of carbonyl (C=O) groups is 2. The molecule has 1 unspecified atom stereocenters. The Morgan fingerprint density at radius 1 is 1.70 bits per heavy atom. The van der Waals surface area contributed by atoms with Crippen molar-refractivity contribution in [2.45, 2.75) is 13.0 Å². The summed E-state index contributed by atoms with van der Waals surface area (Å²) in [5.74, 6) is -1.83. The van der Waals surface area contributed by atoms with Gasteiger partial charge in [-0.25, -0.2) is 0 Å². The first-order chi connectivity index (χ1) is 4.57. The van der Waals surface area contributed by atoms with E-state index in [1.54, 1.807) is 0 Å². The highest BCUT2D eigenvalue weighted by molar-refractivity contribution is 7.58. The molecule has 5 heteroatoms. The van der Waals surface area contributed by atoms with Crippen molar-refractivity contribution in [1.82, 2.24) is 5.32 Å². The lowest BCUT2D eigenvalue weighted by Gasteiger charge is -2.21. The van der Waals surface area contributed by atoms with Crippen LogP contribution in [0.4, 0.5) is 0 Å². The summed E-state index contributed by atoms with van der Waals surface area (Å²) in [5, 5.41) is 12.2. The number of carboxylic acids is 1. The van der Waals surface area contributed by atoms with Crippen LogP contribution < -0.4 is 10.4 Å². The number of hydrogen-bond acceptors (Lipinski definition) is 4. The van der Waals surface area contributed by atoms with E-state index in [0.717, 1.165) is 0 Å². The second-order valence-corrected chi connectivity index (χ2v) is 2.07. The van der Waals surface area contributed by atoms with Crippen molar-refractivity contribution in [2.24, 2.45) is 0 Å². The average Bonchev–Trinajstić information content (AvgIpc) is 1.81. The fourth-order valence-corrected chi connectivity index (χ4v) is 0.633. The SMILES string of the molecule is CC(=O)NC(C[S-])C(=O)[O-]. The van der Waals surface area contributed by atoms with Crippen molar-refractivity contribution in [3.05, 3.63) is 0 Å². The van der Waals surface area contributed by atoms with Gasteiger partial charge in [0.15, 0.2) is 0 Å². The minimum Gasteiger partial charge on any atom is -0.790 e. The normalized spacial score (nSPS) is 12.2. The van der Waals surface area contributed by atoms with Gasteiger partial charge in [-0.2, -0.15) is 5.75 Å². The van der Waals surface area contributed by atoms with Crippen molar-refractivity contribution in [3.8, 4) is 0 Å². The van der Waals surface area contributed by atoms with Gasteiger partial charge in [-0.1, -0.05) is 0 Å². The van der Waals surface area contributed by atoms with Crippen molar-refractivity contribution < 1.29 is 14.7 Å². The maximum absolute atomic E-state index is 10.3. The minimum atomic E-state index is -1.34. The molecular formula is C5H7NO3S-2. The van der Waals surface area contributed by atoms with Gasteiger partial charge in [0.1, 0.15) is 0 Å². The molecule has 1 amide bonds. The van der Waals surface area contributed by atoms with Crippen LogP contribution in [0.5, 0.6) is 0 Å². The third-order valence-corrected chi connectivity index (χ3v) is 1.16. The summed E-state index contributed by atoms with van der Waals surface area (Å²) in [6.45, 7) is 1.22. The standard InChI is InChI=1S/C5H9NO3S/c1-3(7)6-4(2-10)5(8)9/h4,10H,2H2,1H3,(H,6,7)(H,8,9)/p-2. The van der Waals surface area contributed by atoms with Crippen LogP contribution in [-0.4, -0.2) is 23.7 Å². The monoisotopic (exact) mass is 161 g/mol. The summed E-state index contributed by atoms with van der Waals surface area (Å²) in [6, 6.07) is -1.03. The van der Waals surface area contributed by atoms with Gasteiger partial charge in [-0.15, -0.1) is 0 Å². The lowest BCUT2D eigenvalue weighted by molar-refractivity contribution is -0.307. The largest absolute Gasteiger partial charge is 0.790 e. The summed E-state index contributed by atoms with van der Waals surface area (Å²) < 4.78 is 0. The highest BCUT2D eigenvalue weighted by atomic mass is 32.1. The van der Waals surface area contributed by atoms with E-state index in [1.165, 1.54) is 6.92 Å². The summed E-state index contributed by atoms with van der Waals surface area (Å²) in [5.41, 5.74) is 0. The Morgan fingerprint density at radius 2 is 2.20 bits per heavy atom. The molecule has 0 saturated heterocycles. The lowest BCUT2D eigenvalue weighted by Crippen LogP contribution is -2.48. The van der Waals surface area contributed by atoms with E-state index in [4.69, 9.17) is 0 Å². The van der Waals surface area contributed by atoms with Crippen LogP contribution in [0.3, 0.4) is 0 Å². The fourth-order valence-electron chi connectivity index (χ4n) is 0.414. The quantitative estimate of drug-likeness (QED) is 0.476. The number of carbonyl (C=O) groups excluding carboxylic acids is 2. The highest BCUT2D eigenvalue weighted by Crippen LogP contribution is 1.79. The molecule has 10 heavy (non-hydrogen) atoms. The molecular weight excluding hydrogens is 154 g/mol. The van der Waals surface area contributed by atoms with E-state index in [1.807, 2.05) is 0 Å². The van der Waals surface area contributed by atoms with Crippen LogP contribution >= 0.6 is 0 Å². The molecule has 0 bridgehead atoms. The number of hydrogen-bond donors (Lipinski definition) is 1. The molecule has 58 valence electrons. The molecule has 0 saturated carbocycles. The third-order valence-electron chi connectivity index (χ3n) is 0.829. The van der Waals surface area contributed by atoms with Gasteiger partial charge in [0.25, 0.3) is 0 Å². The number of amides is 1. The molecule has 4 nitrogen and oxygen atoms in total. The van der Waals surface area contributed by atoms with E-state index in [-0.39, 0.29) is 5.75 Å². The van der Waals surface area contributed by atoms with Gasteiger partial charge < -0.3 is 27.8 Å². The van der Waals surface area contributed by atoms with Gasteiger partial charge in [0.05, 0.1) is 5.97 Å². The Balaban J connectivity index is 3.83. The second-order valence-electron chi connectivity index (χ2n) is 1.74. The molecule has 0 radical (unpaired) electrons. The first-order valence-electron chi connectivity index (χ1n) is 2.64. The number of nitrogens with one attached hydrogen (secondary N) is 1. The zero-order chi connectivity index (χ0) is 8.15. The maximum atomic E-state index is 10.3. The van der Waals surface area contributed by atoms with Crippen LogP contribution in [0.1, 0.15) is 6.92 Å². The molecule has 0 aliphatic heterocycles. The average molecular weight is 161 g/mol. The molecule has 0 fully saturated rings. The molecule has 0 rings (SSSR count). The number of carboxylic acid groups (broad SMARTS) is 1. The van der Waals surface area contributed by atoms with E-state index in [0.29, 0.717) is 0 Å². The van der Waals surface area contributed by atoms with Crippen molar-refractivity contribution in [2.75, 3.05) is 5.75 Å². The molecule has 0 aliphatic rings. The molecule has 0 spiro atoms. The highest BCUT2D eigenvalue weighted by Gasteiger charge is 2.02. The lowest BCUT2D eigenvalue weighted by atomic mass is 10.3. The topological polar surface area (TPSA) is 69.2 Å². The third kappa shape index (κ3) is 3.34. The Bertz CT molecular complexity index is 148. The maximum Gasteiger partial charge on any atom is 0.217 e. The first kappa shape index (κ1) is 9.29. The predicted octanol–water partition coefficient (Wildman–Crippen LogP) is -2.21. The molecule has 0 aliphatic carbocycles. The Kier molecular flexibility index (Phi) is 3.87. The predicted molar refractivity (Wildman–Crippen MR) is 34.8 cm³/mol. The Morgan fingerprint density at radius 3 is 2.30 bits per heavy atom. The molecule has 1 atom stereocenters. The van der Waals surface area contributed by atoms with E-state index in [9.17, 15) is 14.7 Å². The molecule has 0 aromatic heterocycles. The van der Waals surface area contributed by atoms with E-state index >= 15 is 0 Å². The van der Waals surface area contributed by atoms with Crippen LogP contribution in [0.2, 0.25) is 0 Å². The smallest absolute Gasteiger partial charge is 0.217 e. The summed E-state index contributed by atoms with van der Waals surface area (Å²) in [6.07, 6.45) is 0. The summed E-state index contributed by atoms with van der Waals surface area (Å²) in [4.78, 5) is 20.3. The van der Waals surface area contributed by atoms with Gasteiger partial charge in [-0.05, 0) is 0 Å². The number of aliphatic carboxylic acids is 1. The fraction of sp³-hybridized carbons (Fsp3) is 0.600. The summed E-state index contributed by atoms with van der Waals surface area (Å²) >= 11 is 4.43. The zero-order valence-electron chi connectivity index (χ0n) is 5.42. The van der Waals surface area contributed by atoms with Crippen molar-refractivity contribution in [1.29, 1.82) is 0 Å². The number of rotatable bonds is 3. The van der Waals surface area contributed by atoms with Crippen molar-refractivity contribution in [3.63, 3.8) is 0 Å². The molecule has 0 aromatic carbocycles. The zero-order valence-corrected chi connectivity index (χ0v) is 6.23. The van der Waals surface area contributed by atoms with Gasteiger partial charge in [0, 0.05) is 13.0 Å². The van der Waals surface area contributed by atoms with E-state index < -0.39 is 17.9 Å². The Hall–Kier alpha value is -0.710. The molecule has 0 aromatic rings. The summed E-state index contributed by atoms with van der Waals surface area (Å²) in [7, 11) is 0. The first-order valence-corrected chi connectivity index (χ1v) is 3.21.